The van der Waals surface area contributed by atoms with Gasteiger partial charge in [0, 0.05) is 34.6 Å². The number of anilines is 2. The Bertz CT molecular complexity index is 1340. The van der Waals surface area contributed by atoms with Crippen LogP contribution in [0, 0.1) is 5.82 Å². The van der Waals surface area contributed by atoms with Gasteiger partial charge in [0.25, 0.3) is 0 Å². The van der Waals surface area contributed by atoms with Gasteiger partial charge in [0.15, 0.2) is 5.78 Å². The first-order valence-electron chi connectivity index (χ1n) is 10.9. The van der Waals surface area contributed by atoms with E-state index in [1.807, 2.05) is 0 Å². The molecule has 7 nitrogen and oxygen atoms in total. The van der Waals surface area contributed by atoms with Crippen molar-refractivity contribution in [1.29, 1.82) is 0 Å². The number of Topliss-reactive ketones (excluding diaryl/α,β-unsaturated/α-hetero) is 1. The second-order valence-corrected chi connectivity index (χ2v) is 8.67. The molecular formula is C25H21ClFN3O4. The number of nitrogens with two attached hydrogens (primary N) is 1. The van der Waals surface area contributed by atoms with Crippen molar-refractivity contribution in [3.63, 3.8) is 0 Å². The summed E-state index contributed by atoms with van der Waals surface area (Å²) in [6.45, 7) is 1.68. The maximum Gasteiger partial charge on any atom is 0.339 e. The van der Waals surface area contributed by atoms with Crippen molar-refractivity contribution in [2.75, 3.05) is 16.8 Å². The van der Waals surface area contributed by atoms with Gasteiger partial charge in [0.1, 0.15) is 22.6 Å². The van der Waals surface area contributed by atoms with E-state index in [0.29, 0.717) is 35.5 Å². The molecule has 174 valence electrons. The van der Waals surface area contributed by atoms with E-state index in [1.54, 1.807) is 31.2 Å². The number of nitrogens with zero attached hydrogens (tertiary/aromatic N) is 1. The third kappa shape index (κ3) is 2.91. The average molecular weight is 482 g/mol. The number of allylic oxidation sites excluding steroid dienone is 1. The van der Waals surface area contributed by atoms with Gasteiger partial charge in [-0.1, -0.05) is 29.8 Å². The Morgan fingerprint density at radius 3 is 2.74 bits per heavy atom. The van der Waals surface area contributed by atoms with Crippen molar-refractivity contribution in [1.82, 2.24) is 0 Å². The molecule has 34 heavy (non-hydrogen) atoms. The molecule has 1 unspecified atom stereocenters. The summed E-state index contributed by atoms with van der Waals surface area (Å²) in [6, 6.07) is 10.9. The first-order chi connectivity index (χ1) is 16.3. The van der Waals surface area contributed by atoms with Gasteiger partial charge < -0.3 is 15.8 Å². The molecule has 2 heterocycles. The highest BCUT2D eigenvalue weighted by Crippen LogP contribution is 2.55. The molecule has 1 aliphatic carbocycles. The predicted octanol–water partition coefficient (Wildman–Crippen LogP) is 3.93. The number of amides is 1. The quantitative estimate of drug-likeness (QED) is 0.644. The Morgan fingerprint density at radius 1 is 1.24 bits per heavy atom. The molecule has 2 aliphatic heterocycles. The molecule has 0 aromatic heterocycles. The van der Waals surface area contributed by atoms with Crippen LogP contribution in [0.3, 0.4) is 0 Å². The summed E-state index contributed by atoms with van der Waals surface area (Å²) in [5.74, 6) is -2.30. The van der Waals surface area contributed by atoms with Gasteiger partial charge in [-0.25, -0.2) is 9.18 Å². The summed E-state index contributed by atoms with van der Waals surface area (Å²) >= 11 is 6.05. The lowest BCUT2D eigenvalue weighted by Crippen LogP contribution is -2.53. The number of carbonyl (C=O) groups is 3. The first kappa shape index (κ1) is 22.2. The van der Waals surface area contributed by atoms with Gasteiger partial charge in [-0.2, -0.15) is 0 Å². The summed E-state index contributed by atoms with van der Waals surface area (Å²) in [4.78, 5) is 42.2. The summed E-state index contributed by atoms with van der Waals surface area (Å²) < 4.78 is 19.3. The van der Waals surface area contributed by atoms with Crippen LogP contribution in [0.5, 0.6) is 0 Å². The van der Waals surface area contributed by atoms with E-state index in [0.717, 1.165) is 0 Å². The molecule has 0 saturated carbocycles. The lowest BCUT2D eigenvalue weighted by Gasteiger charge is -2.44. The van der Waals surface area contributed by atoms with Crippen LogP contribution in [0.2, 0.25) is 5.02 Å². The van der Waals surface area contributed by atoms with Gasteiger partial charge >= 0.3 is 5.97 Å². The van der Waals surface area contributed by atoms with Crippen LogP contribution >= 0.6 is 11.6 Å². The van der Waals surface area contributed by atoms with Crippen molar-refractivity contribution >= 4 is 40.6 Å². The largest absolute Gasteiger partial charge is 0.462 e. The van der Waals surface area contributed by atoms with E-state index < -0.39 is 23.1 Å². The molecule has 3 aliphatic rings. The fourth-order valence-corrected chi connectivity index (χ4v) is 5.36. The van der Waals surface area contributed by atoms with Crippen LogP contribution in [0.15, 0.2) is 65.1 Å². The number of halogens is 2. The normalized spacial score (nSPS) is 21.6. The molecule has 0 fully saturated rings. The minimum atomic E-state index is -1.75. The second-order valence-electron chi connectivity index (χ2n) is 8.26. The molecular weight excluding hydrogens is 461 g/mol. The summed E-state index contributed by atoms with van der Waals surface area (Å²) in [6.07, 6.45) is 1.17. The SMILES string of the molecule is CCOC(=O)C1=C(N)N(c2ccc(F)c(Cl)c2)C2=C(C(=O)CCC2)C12C(=O)Nc1ccccc12. The second kappa shape index (κ2) is 7.99. The zero-order valence-electron chi connectivity index (χ0n) is 18.3. The molecule has 5 rings (SSSR count). The standard InChI is InChI=1S/C25H21ClFN3O4/c1-2-34-23(32)21-22(28)30(13-10-11-16(27)15(26)12-13)18-8-5-9-19(31)20(18)25(21)14-6-3-4-7-17(14)29-24(25)33/h3-4,6-7,10-12H,2,5,8-9,28H2,1H3,(H,29,33). The van der Waals surface area contributed by atoms with Gasteiger partial charge in [0.05, 0.1) is 11.6 Å². The van der Waals surface area contributed by atoms with E-state index in [9.17, 15) is 18.8 Å². The first-order valence-corrected chi connectivity index (χ1v) is 11.3. The average Bonchev–Trinajstić information content (AvgIpc) is 3.08. The maximum absolute atomic E-state index is 13.9. The molecule has 0 bridgehead atoms. The number of esters is 1. The van der Waals surface area contributed by atoms with Crippen molar-refractivity contribution in [2.45, 2.75) is 31.6 Å². The fourth-order valence-electron chi connectivity index (χ4n) is 5.18. The Hall–Kier alpha value is -3.65. The molecule has 0 radical (unpaired) electrons. The smallest absolute Gasteiger partial charge is 0.339 e. The summed E-state index contributed by atoms with van der Waals surface area (Å²) in [5.41, 5.74) is 6.73. The molecule has 2 aromatic carbocycles. The molecule has 9 heteroatoms. The van der Waals surface area contributed by atoms with E-state index in [-0.39, 0.29) is 40.8 Å². The minimum Gasteiger partial charge on any atom is -0.462 e. The number of para-hydroxylation sites is 1. The number of rotatable bonds is 3. The summed E-state index contributed by atoms with van der Waals surface area (Å²) in [5, 5.41) is 2.68. The number of hydrogen-bond acceptors (Lipinski definition) is 6. The number of hydrogen-bond donors (Lipinski definition) is 2. The third-order valence-electron chi connectivity index (χ3n) is 6.46. The number of nitrogens with one attached hydrogen (secondary N) is 1. The Balaban J connectivity index is 1.89. The molecule has 1 atom stereocenters. The van der Waals surface area contributed by atoms with Crippen LogP contribution in [-0.2, 0) is 24.5 Å². The highest BCUT2D eigenvalue weighted by molar-refractivity contribution is 6.31. The molecule has 3 N–H and O–H groups in total. The highest BCUT2D eigenvalue weighted by atomic mass is 35.5. The monoisotopic (exact) mass is 481 g/mol. The van der Waals surface area contributed by atoms with Crippen LogP contribution < -0.4 is 16.0 Å². The molecule has 1 amide bonds. The van der Waals surface area contributed by atoms with Crippen molar-refractivity contribution in [3.8, 4) is 0 Å². The molecule has 1 spiro atoms. The zero-order chi connectivity index (χ0) is 24.2. The van der Waals surface area contributed by atoms with Crippen LogP contribution in [-0.4, -0.2) is 24.3 Å². The highest BCUT2D eigenvalue weighted by Gasteiger charge is 2.61. The Labute approximate surface area is 200 Å². The number of ketones is 1. The van der Waals surface area contributed by atoms with E-state index in [4.69, 9.17) is 22.1 Å². The van der Waals surface area contributed by atoms with Crippen LogP contribution in [0.25, 0.3) is 0 Å². The Morgan fingerprint density at radius 2 is 2.00 bits per heavy atom. The number of fused-ring (bicyclic) bond motifs is 3. The number of benzene rings is 2. The van der Waals surface area contributed by atoms with E-state index in [1.165, 1.54) is 23.1 Å². The molecule has 2 aromatic rings. The minimum absolute atomic E-state index is 0.0389. The zero-order valence-corrected chi connectivity index (χ0v) is 19.0. The van der Waals surface area contributed by atoms with E-state index in [2.05, 4.69) is 5.32 Å². The van der Waals surface area contributed by atoms with Crippen LogP contribution in [0.4, 0.5) is 15.8 Å². The van der Waals surface area contributed by atoms with Crippen molar-refractivity contribution < 1.29 is 23.5 Å². The lowest BCUT2D eigenvalue weighted by atomic mass is 9.63. The predicted molar refractivity (Wildman–Crippen MR) is 124 cm³/mol. The van der Waals surface area contributed by atoms with Crippen molar-refractivity contribution in [2.24, 2.45) is 5.73 Å². The maximum atomic E-state index is 13.9. The topological polar surface area (TPSA) is 102 Å². The van der Waals surface area contributed by atoms with Gasteiger partial charge in [-0.05, 0) is 44.0 Å². The van der Waals surface area contributed by atoms with Gasteiger partial charge in [-0.15, -0.1) is 0 Å². The number of ether oxygens (including phenoxy) is 1. The Kier molecular flexibility index (Phi) is 5.20. The fraction of sp³-hybridized carbons (Fsp3) is 0.240. The lowest BCUT2D eigenvalue weighted by molar-refractivity contribution is -0.140. The van der Waals surface area contributed by atoms with Gasteiger partial charge in [0.2, 0.25) is 5.91 Å². The van der Waals surface area contributed by atoms with Gasteiger partial charge in [-0.3, -0.25) is 14.5 Å². The number of carbonyl (C=O) groups excluding carboxylic acids is 3. The third-order valence-corrected chi connectivity index (χ3v) is 6.75. The molecule has 0 saturated heterocycles. The van der Waals surface area contributed by atoms with E-state index >= 15 is 0 Å². The van der Waals surface area contributed by atoms with Crippen LogP contribution in [0.1, 0.15) is 31.7 Å². The summed E-state index contributed by atoms with van der Waals surface area (Å²) in [7, 11) is 0. The van der Waals surface area contributed by atoms with Crippen molar-refractivity contribution in [3.05, 3.63) is 81.5 Å².